The van der Waals surface area contributed by atoms with Crippen molar-refractivity contribution in [3.63, 3.8) is 0 Å². The Labute approximate surface area is 135 Å². The molecule has 0 aliphatic carbocycles. The number of carbonyl (C=O) groups is 3. The van der Waals surface area contributed by atoms with E-state index < -0.39 is 30.4 Å². The van der Waals surface area contributed by atoms with Gasteiger partial charge in [0.25, 0.3) is 11.8 Å². The summed E-state index contributed by atoms with van der Waals surface area (Å²) in [5, 5.41) is 2.61. The lowest BCUT2D eigenvalue weighted by Gasteiger charge is -2.21. The molecule has 0 aliphatic heterocycles. The van der Waals surface area contributed by atoms with Crippen LogP contribution in [0.15, 0.2) is 24.3 Å². The van der Waals surface area contributed by atoms with Crippen molar-refractivity contribution >= 4 is 17.8 Å². The molecule has 0 aromatic heterocycles. The quantitative estimate of drug-likeness (QED) is 0.690. The van der Waals surface area contributed by atoms with Crippen molar-refractivity contribution in [2.45, 2.75) is 26.8 Å². The van der Waals surface area contributed by atoms with E-state index in [0.717, 1.165) is 0 Å². The predicted molar refractivity (Wildman–Crippen MR) is 83.9 cm³/mol. The second-order valence-corrected chi connectivity index (χ2v) is 5.20. The van der Waals surface area contributed by atoms with Gasteiger partial charge in [-0.2, -0.15) is 0 Å². The number of esters is 1. The van der Waals surface area contributed by atoms with E-state index in [1.165, 1.54) is 0 Å². The molecule has 0 bridgehead atoms. The number of hydrogen-bond acceptors (Lipinski definition) is 5. The Morgan fingerprint density at radius 2 is 1.87 bits per heavy atom. The normalized spacial score (nSPS) is 11.7. The Hall–Kier alpha value is -2.57. The van der Waals surface area contributed by atoms with Crippen LogP contribution in [-0.4, -0.2) is 37.0 Å². The van der Waals surface area contributed by atoms with E-state index in [1.54, 1.807) is 38.1 Å². The molecule has 0 spiro atoms. The van der Waals surface area contributed by atoms with E-state index in [9.17, 15) is 14.4 Å². The van der Waals surface area contributed by atoms with Crippen molar-refractivity contribution in [1.29, 1.82) is 0 Å². The third-order valence-corrected chi connectivity index (χ3v) is 3.00. The molecular weight excluding hydrogens is 300 g/mol. The maximum Gasteiger partial charge on any atom is 0.329 e. The Balaban J connectivity index is 2.86. The van der Waals surface area contributed by atoms with Crippen LogP contribution < -0.4 is 15.8 Å². The molecule has 0 radical (unpaired) electrons. The second kappa shape index (κ2) is 8.77. The Morgan fingerprint density at radius 1 is 1.22 bits per heavy atom. The summed E-state index contributed by atoms with van der Waals surface area (Å²) in [7, 11) is 0. The lowest BCUT2D eigenvalue weighted by Crippen LogP contribution is -2.46. The van der Waals surface area contributed by atoms with Gasteiger partial charge in [0.15, 0.2) is 6.61 Å². The first-order chi connectivity index (χ1) is 10.9. The molecule has 0 aliphatic rings. The summed E-state index contributed by atoms with van der Waals surface area (Å²) < 4.78 is 10.2. The van der Waals surface area contributed by atoms with Gasteiger partial charge in [0.1, 0.15) is 11.8 Å². The highest BCUT2D eigenvalue weighted by Crippen LogP contribution is 2.18. The minimum absolute atomic E-state index is 0.224. The molecule has 0 saturated heterocycles. The van der Waals surface area contributed by atoms with Gasteiger partial charge in [0.05, 0.1) is 12.2 Å². The zero-order chi connectivity index (χ0) is 17.4. The van der Waals surface area contributed by atoms with Crippen molar-refractivity contribution in [3.8, 4) is 5.75 Å². The Kier molecular flexibility index (Phi) is 7.05. The summed E-state index contributed by atoms with van der Waals surface area (Å²) in [5.41, 5.74) is 5.26. The summed E-state index contributed by atoms with van der Waals surface area (Å²) >= 11 is 0. The number of para-hydroxylation sites is 1. The smallest absolute Gasteiger partial charge is 0.329 e. The average molecular weight is 322 g/mol. The summed E-state index contributed by atoms with van der Waals surface area (Å²) in [5.74, 6) is -1.71. The van der Waals surface area contributed by atoms with Gasteiger partial charge in [0.2, 0.25) is 0 Å². The third-order valence-electron chi connectivity index (χ3n) is 3.00. The van der Waals surface area contributed by atoms with E-state index in [2.05, 4.69) is 5.32 Å². The summed E-state index contributed by atoms with van der Waals surface area (Å²) in [6, 6.07) is 5.84. The standard InChI is InChI=1S/C16H22N2O5/c1-4-22-12-8-6-5-7-11(12)15(20)18-14(10(2)3)16(21)23-9-13(17)19/h5-8,10,14H,4,9H2,1-3H3,(H2,17,19)(H,18,20)/t14-/m0/s1. The molecule has 2 amide bonds. The summed E-state index contributed by atoms with van der Waals surface area (Å²) in [6.45, 7) is 5.22. The van der Waals surface area contributed by atoms with Gasteiger partial charge in [0, 0.05) is 0 Å². The number of benzene rings is 1. The maximum absolute atomic E-state index is 12.4. The highest BCUT2D eigenvalue weighted by molar-refractivity contribution is 5.99. The zero-order valence-corrected chi connectivity index (χ0v) is 13.5. The summed E-state index contributed by atoms with van der Waals surface area (Å²) in [4.78, 5) is 35.1. The number of nitrogens with one attached hydrogen (secondary N) is 1. The number of nitrogens with two attached hydrogens (primary N) is 1. The van der Waals surface area contributed by atoms with Crippen LogP contribution in [0.3, 0.4) is 0 Å². The number of primary amides is 1. The number of hydrogen-bond donors (Lipinski definition) is 2. The van der Waals surface area contributed by atoms with Gasteiger partial charge in [-0.15, -0.1) is 0 Å². The van der Waals surface area contributed by atoms with Crippen LogP contribution in [0.5, 0.6) is 5.75 Å². The molecule has 1 rings (SSSR count). The predicted octanol–water partition coefficient (Wildman–Crippen LogP) is 0.868. The summed E-state index contributed by atoms with van der Waals surface area (Å²) in [6.07, 6.45) is 0. The van der Waals surface area contributed by atoms with Crippen LogP contribution in [0.4, 0.5) is 0 Å². The molecule has 0 fully saturated rings. The molecule has 0 saturated carbocycles. The van der Waals surface area contributed by atoms with Crippen LogP contribution in [0.25, 0.3) is 0 Å². The molecule has 0 heterocycles. The molecule has 3 N–H and O–H groups in total. The second-order valence-electron chi connectivity index (χ2n) is 5.20. The van der Waals surface area contributed by atoms with Gasteiger partial charge in [-0.05, 0) is 25.0 Å². The molecule has 7 nitrogen and oxygen atoms in total. The van der Waals surface area contributed by atoms with Gasteiger partial charge in [-0.3, -0.25) is 9.59 Å². The van der Waals surface area contributed by atoms with Crippen molar-refractivity contribution in [1.82, 2.24) is 5.32 Å². The van der Waals surface area contributed by atoms with E-state index in [0.29, 0.717) is 17.9 Å². The average Bonchev–Trinajstić information content (AvgIpc) is 2.50. The van der Waals surface area contributed by atoms with Gasteiger partial charge < -0.3 is 20.5 Å². The molecule has 1 aromatic carbocycles. The monoisotopic (exact) mass is 322 g/mol. The highest BCUT2D eigenvalue weighted by atomic mass is 16.5. The molecule has 0 unspecified atom stereocenters. The minimum atomic E-state index is -0.892. The topological polar surface area (TPSA) is 108 Å². The van der Waals surface area contributed by atoms with E-state index in [1.807, 2.05) is 6.92 Å². The lowest BCUT2D eigenvalue weighted by atomic mass is 10.0. The zero-order valence-electron chi connectivity index (χ0n) is 13.5. The van der Waals surface area contributed by atoms with Crippen molar-refractivity contribution in [2.24, 2.45) is 11.7 Å². The first-order valence-electron chi connectivity index (χ1n) is 7.34. The maximum atomic E-state index is 12.4. The van der Waals surface area contributed by atoms with Crippen molar-refractivity contribution < 1.29 is 23.9 Å². The van der Waals surface area contributed by atoms with E-state index in [-0.39, 0.29) is 5.92 Å². The van der Waals surface area contributed by atoms with Crippen LogP contribution in [-0.2, 0) is 14.3 Å². The van der Waals surface area contributed by atoms with E-state index >= 15 is 0 Å². The number of rotatable bonds is 8. The molecule has 1 atom stereocenters. The number of amides is 2. The first kappa shape index (κ1) is 18.5. The molecule has 126 valence electrons. The van der Waals surface area contributed by atoms with Gasteiger partial charge >= 0.3 is 5.97 Å². The Morgan fingerprint density at radius 3 is 2.43 bits per heavy atom. The SMILES string of the molecule is CCOc1ccccc1C(=O)N[C@H](C(=O)OCC(N)=O)C(C)C. The molecule has 7 heteroatoms. The van der Waals surface area contributed by atoms with Gasteiger partial charge in [-0.1, -0.05) is 26.0 Å². The minimum Gasteiger partial charge on any atom is -0.493 e. The van der Waals surface area contributed by atoms with Crippen LogP contribution >= 0.6 is 0 Å². The van der Waals surface area contributed by atoms with Gasteiger partial charge in [-0.25, -0.2) is 4.79 Å². The van der Waals surface area contributed by atoms with Crippen LogP contribution in [0.2, 0.25) is 0 Å². The fourth-order valence-corrected chi connectivity index (χ4v) is 1.88. The number of carbonyl (C=O) groups excluding carboxylic acids is 3. The first-order valence-corrected chi connectivity index (χ1v) is 7.34. The van der Waals surface area contributed by atoms with Crippen molar-refractivity contribution in [3.05, 3.63) is 29.8 Å². The molecule has 1 aromatic rings. The third kappa shape index (κ3) is 5.61. The fourth-order valence-electron chi connectivity index (χ4n) is 1.88. The highest BCUT2D eigenvalue weighted by Gasteiger charge is 2.27. The largest absolute Gasteiger partial charge is 0.493 e. The van der Waals surface area contributed by atoms with Crippen molar-refractivity contribution in [2.75, 3.05) is 13.2 Å². The van der Waals surface area contributed by atoms with E-state index in [4.69, 9.17) is 15.2 Å². The molecular formula is C16H22N2O5. The number of ether oxygens (including phenoxy) is 2. The lowest BCUT2D eigenvalue weighted by molar-refractivity contribution is -0.150. The van der Waals surface area contributed by atoms with Crippen LogP contribution in [0, 0.1) is 5.92 Å². The fraction of sp³-hybridized carbons (Fsp3) is 0.438. The Bertz CT molecular complexity index is 571. The molecule has 23 heavy (non-hydrogen) atoms. The van der Waals surface area contributed by atoms with Crippen LogP contribution in [0.1, 0.15) is 31.1 Å².